The van der Waals surface area contributed by atoms with Crippen LogP contribution in [-0.4, -0.2) is 23.5 Å². The molecular formula is C18H19BrN2OS2. The van der Waals surface area contributed by atoms with Crippen LogP contribution in [0, 0.1) is 0 Å². The van der Waals surface area contributed by atoms with Crippen LogP contribution in [-0.2, 0) is 4.79 Å². The molecule has 2 aromatic carbocycles. The summed E-state index contributed by atoms with van der Waals surface area (Å²) in [5.74, 6) is 2.37. The smallest absolute Gasteiger partial charge is 0.246 e. The maximum atomic E-state index is 12.3. The Morgan fingerprint density at radius 1 is 1.12 bits per heavy atom. The van der Waals surface area contributed by atoms with Gasteiger partial charge in [-0.1, -0.05) is 28.1 Å². The molecule has 1 atom stereocenters. The number of anilines is 2. The Morgan fingerprint density at radius 2 is 1.83 bits per heavy atom. The van der Waals surface area contributed by atoms with Gasteiger partial charge >= 0.3 is 0 Å². The molecule has 1 aliphatic heterocycles. The van der Waals surface area contributed by atoms with E-state index in [4.69, 9.17) is 0 Å². The summed E-state index contributed by atoms with van der Waals surface area (Å²) in [5.41, 5.74) is 3.09. The lowest BCUT2D eigenvalue weighted by atomic mass is 10.2. The van der Waals surface area contributed by atoms with E-state index in [1.165, 1.54) is 17.1 Å². The zero-order valence-electron chi connectivity index (χ0n) is 13.3. The van der Waals surface area contributed by atoms with Crippen molar-refractivity contribution in [1.82, 2.24) is 0 Å². The molecule has 2 N–H and O–H groups in total. The minimum atomic E-state index is -0.312. The van der Waals surface area contributed by atoms with Gasteiger partial charge in [-0.25, -0.2) is 0 Å². The summed E-state index contributed by atoms with van der Waals surface area (Å²) >= 11 is 7.36. The van der Waals surface area contributed by atoms with Gasteiger partial charge in [0.25, 0.3) is 0 Å². The largest absolute Gasteiger partial charge is 0.374 e. The van der Waals surface area contributed by atoms with E-state index in [9.17, 15) is 4.79 Å². The molecule has 1 aliphatic rings. The molecule has 0 aliphatic carbocycles. The van der Waals surface area contributed by atoms with Crippen LogP contribution in [0.25, 0.3) is 0 Å². The minimum Gasteiger partial charge on any atom is -0.374 e. The predicted octanol–water partition coefficient (Wildman–Crippen LogP) is 5.37. The number of amides is 1. The predicted molar refractivity (Wildman–Crippen MR) is 110 cm³/mol. The third-order valence-corrected chi connectivity index (χ3v) is 7.30. The molecule has 0 unspecified atom stereocenters. The Hall–Kier alpha value is -1.11. The van der Waals surface area contributed by atoms with Crippen molar-refractivity contribution in [3.8, 4) is 0 Å². The fourth-order valence-corrected chi connectivity index (χ4v) is 5.53. The van der Waals surface area contributed by atoms with Gasteiger partial charge in [-0.15, -0.1) is 23.5 Å². The summed E-state index contributed by atoms with van der Waals surface area (Å²) in [6, 6.07) is 15.6. The van der Waals surface area contributed by atoms with E-state index >= 15 is 0 Å². The molecule has 0 saturated carbocycles. The summed E-state index contributed by atoms with van der Waals surface area (Å²) in [7, 11) is 0. The van der Waals surface area contributed by atoms with Gasteiger partial charge in [-0.3, -0.25) is 4.79 Å². The SMILES string of the molecule is C[C@@H](Nc1cccc(C2SCCS2)c1)C(=O)Nc1ccc(Br)cc1. The fourth-order valence-electron chi connectivity index (χ4n) is 2.43. The maximum absolute atomic E-state index is 12.3. The van der Waals surface area contributed by atoms with E-state index in [0.29, 0.717) is 4.58 Å². The summed E-state index contributed by atoms with van der Waals surface area (Å²) in [6.07, 6.45) is 0. The second-order valence-corrected chi connectivity index (χ2v) is 9.20. The number of carbonyl (C=O) groups excluding carboxylic acids is 1. The Bertz CT molecular complexity index is 702. The second kappa shape index (κ2) is 8.32. The molecule has 0 bridgehead atoms. The fraction of sp³-hybridized carbons (Fsp3) is 0.278. The van der Waals surface area contributed by atoms with Crippen LogP contribution in [0.2, 0.25) is 0 Å². The highest BCUT2D eigenvalue weighted by atomic mass is 79.9. The first-order valence-electron chi connectivity index (χ1n) is 7.78. The molecule has 0 spiro atoms. The number of benzene rings is 2. The summed E-state index contributed by atoms with van der Waals surface area (Å²) in [5, 5.41) is 6.23. The summed E-state index contributed by atoms with van der Waals surface area (Å²) < 4.78 is 1.50. The highest BCUT2D eigenvalue weighted by Crippen LogP contribution is 2.45. The van der Waals surface area contributed by atoms with E-state index in [1.807, 2.05) is 60.8 Å². The van der Waals surface area contributed by atoms with Gasteiger partial charge in [-0.2, -0.15) is 0 Å². The van der Waals surface area contributed by atoms with Crippen molar-refractivity contribution in [2.75, 3.05) is 22.1 Å². The molecule has 126 valence electrons. The molecule has 2 aromatic rings. The van der Waals surface area contributed by atoms with Crippen molar-refractivity contribution in [3.05, 3.63) is 58.6 Å². The molecule has 1 saturated heterocycles. The molecule has 1 fully saturated rings. The van der Waals surface area contributed by atoms with E-state index in [2.05, 4.69) is 44.8 Å². The number of carbonyl (C=O) groups is 1. The molecule has 24 heavy (non-hydrogen) atoms. The zero-order valence-corrected chi connectivity index (χ0v) is 16.5. The average molecular weight is 423 g/mol. The van der Waals surface area contributed by atoms with Gasteiger partial charge in [0.05, 0.1) is 4.58 Å². The topological polar surface area (TPSA) is 41.1 Å². The van der Waals surface area contributed by atoms with Crippen LogP contribution in [0.5, 0.6) is 0 Å². The van der Waals surface area contributed by atoms with Gasteiger partial charge in [-0.05, 0) is 48.9 Å². The highest BCUT2D eigenvalue weighted by Gasteiger charge is 2.19. The molecule has 3 nitrogen and oxygen atoms in total. The second-order valence-electron chi connectivity index (χ2n) is 5.56. The normalized spacial score (nSPS) is 15.9. The van der Waals surface area contributed by atoms with E-state index < -0.39 is 0 Å². The molecule has 1 amide bonds. The lowest BCUT2D eigenvalue weighted by molar-refractivity contribution is -0.116. The summed E-state index contributed by atoms with van der Waals surface area (Å²) in [4.78, 5) is 12.3. The van der Waals surface area contributed by atoms with Gasteiger partial charge in [0.2, 0.25) is 5.91 Å². The highest BCUT2D eigenvalue weighted by molar-refractivity contribution is 9.10. The van der Waals surface area contributed by atoms with Gasteiger partial charge in [0.1, 0.15) is 6.04 Å². The molecule has 0 aromatic heterocycles. The quantitative estimate of drug-likeness (QED) is 0.679. The van der Waals surface area contributed by atoms with Gasteiger partial charge in [0, 0.05) is 27.4 Å². The lowest BCUT2D eigenvalue weighted by Crippen LogP contribution is -2.31. The Balaban J connectivity index is 1.61. The van der Waals surface area contributed by atoms with Crippen molar-refractivity contribution in [2.45, 2.75) is 17.5 Å². The standard InChI is InChI=1S/C18H19BrN2OS2/c1-12(17(22)21-15-7-5-14(19)6-8-15)20-16-4-2-3-13(11-16)18-23-9-10-24-18/h2-8,11-12,18,20H,9-10H2,1H3,(H,21,22)/t12-/m1/s1. The average Bonchev–Trinajstić information content (AvgIpc) is 3.12. The van der Waals surface area contributed by atoms with Crippen LogP contribution in [0.15, 0.2) is 53.0 Å². The first-order chi connectivity index (χ1) is 11.6. The molecule has 1 heterocycles. The van der Waals surface area contributed by atoms with Crippen molar-refractivity contribution in [2.24, 2.45) is 0 Å². The molecule has 3 rings (SSSR count). The van der Waals surface area contributed by atoms with Crippen LogP contribution in [0.1, 0.15) is 17.1 Å². The van der Waals surface area contributed by atoms with E-state index in [0.717, 1.165) is 15.8 Å². The monoisotopic (exact) mass is 422 g/mol. The first-order valence-corrected chi connectivity index (χ1v) is 10.7. The third kappa shape index (κ3) is 4.71. The van der Waals surface area contributed by atoms with Crippen LogP contribution in [0.3, 0.4) is 0 Å². The number of nitrogens with one attached hydrogen (secondary N) is 2. The Labute approximate surface area is 159 Å². The van der Waals surface area contributed by atoms with Crippen molar-refractivity contribution in [1.29, 1.82) is 0 Å². The van der Waals surface area contributed by atoms with Gasteiger partial charge < -0.3 is 10.6 Å². The maximum Gasteiger partial charge on any atom is 0.246 e. The van der Waals surface area contributed by atoms with Crippen LogP contribution in [0.4, 0.5) is 11.4 Å². The van der Waals surface area contributed by atoms with Crippen LogP contribution < -0.4 is 10.6 Å². The lowest BCUT2D eigenvalue weighted by Gasteiger charge is -2.17. The first kappa shape index (κ1) is 17.7. The zero-order chi connectivity index (χ0) is 16.9. The number of hydrogen-bond donors (Lipinski definition) is 2. The minimum absolute atomic E-state index is 0.0488. The number of halogens is 1. The van der Waals surface area contributed by atoms with Crippen molar-refractivity contribution < 1.29 is 4.79 Å². The van der Waals surface area contributed by atoms with Crippen molar-refractivity contribution >= 4 is 56.7 Å². The molecule has 0 radical (unpaired) electrons. The van der Waals surface area contributed by atoms with Crippen LogP contribution >= 0.6 is 39.5 Å². The van der Waals surface area contributed by atoms with E-state index in [-0.39, 0.29) is 11.9 Å². The van der Waals surface area contributed by atoms with Gasteiger partial charge in [0.15, 0.2) is 0 Å². The van der Waals surface area contributed by atoms with Crippen molar-refractivity contribution in [3.63, 3.8) is 0 Å². The number of rotatable bonds is 5. The number of thioether (sulfide) groups is 2. The Morgan fingerprint density at radius 3 is 2.54 bits per heavy atom. The Kier molecular flexibility index (Phi) is 6.14. The number of hydrogen-bond acceptors (Lipinski definition) is 4. The summed E-state index contributed by atoms with van der Waals surface area (Å²) in [6.45, 7) is 1.87. The molecular weight excluding hydrogens is 404 g/mol. The molecule has 6 heteroatoms. The van der Waals surface area contributed by atoms with E-state index in [1.54, 1.807) is 0 Å². The third-order valence-electron chi connectivity index (χ3n) is 3.67.